The van der Waals surface area contributed by atoms with Gasteiger partial charge in [0.25, 0.3) is 0 Å². The Kier molecular flexibility index (Phi) is 4.08. The van der Waals surface area contributed by atoms with Gasteiger partial charge in [-0.15, -0.1) is 0 Å². The highest BCUT2D eigenvalue weighted by Gasteiger charge is 2.17. The monoisotopic (exact) mass is 309 g/mol. The first-order valence-corrected chi connectivity index (χ1v) is 8.00. The molecular formula is C14H16ClN3OS. The van der Waals surface area contributed by atoms with Gasteiger partial charge in [0, 0.05) is 26.1 Å². The number of hydrogen-bond acceptors (Lipinski definition) is 4. The summed E-state index contributed by atoms with van der Waals surface area (Å²) >= 11 is 7.65. The molecule has 0 atom stereocenters. The van der Waals surface area contributed by atoms with Crippen molar-refractivity contribution in [3.63, 3.8) is 0 Å². The molecule has 1 aromatic heterocycles. The van der Waals surface area contributed by atoms with Gasteiger partial charge in [-0.1, -0.05) is 29.0 Å². The predicted octanol–water partition coefficient (Wildman–Crippen LogP) is 3.37. The normalized spacial score (nSPS) is 14.9. The van der Waals surface area contributed by atoms with Crippen LogP contribution in [0.4, 0.5) is 5.13 Å². The van der Waals surface area contributed by atoms with Crippen LogP contribution in [0.25, 0.3) is 10.2 Å². The van der Waals surface area contributed by atoms with Gasteiger partial charge in [-0.3, -0.25) is 4.79 Å². The van der Waals surface area contributed by atoms with Crippen molar-refractivity contribution in [2.75, 3.05) is 25.0 Å². The molecule has 1 fully saturated rings. The molecule has 6 heteroatoms. The second-order valence-electron chi connectivity index (χ2n) is 4.87. The predicted molar refractivity (Wildman–Crippen MR) is 83.6 cm³/mol. The van der Waals surface area contributed by atoms with Gasteiger partial charge >= 0.3 is 0 Å². The van der Waals surface area contributed by atoms with Gasteiger partial charge < -0.3 is 10.2 Å². The zero-order valence-electron chi connectivity index (χ0n) is 11.1. The van der Waals surface area contributed by atoms with E-state index < -0.39 is 0 Å². The van der Waals surface area contributed by atoms with Crippen LogP contribution < -0.4 is 5.32 Å². The molecule has 0 bridgehead atoms. The van der Waals surface area contributed by atoms with Crippen molar-refractivity contribution in [3.05, 3.63) is 23.2 Å². The molecule has 2 heterocycles. The molecule has 0 saturated carbocycles. The summed E-state index contributed by atoms with van der Waals surface area (Å²) in [6, 6.07) is 5.70. The van der Waals surface area contributed by atoms with Gasteiger partial charge in [0.1, 0.15) is 0 Å². The van der Waals surface area contributed by atoms with Gasteiger partial charge in [0.15, 0.2) is 5.13 Å². The van der Waals surface area contributed by atoms with Crippen molar-refractivity contribution in [2.24, 2.45) is 0 Å². The molecule has 1 aliphatic heterocycles. The fraction of sp³-hybridized carbons (Fsp3) is 0.429. The van der Waals surface area contributed by atoms with E-state index in [4.69, 9.17) is 11.6 Å². The molecule has 1 aromatic carbocycles. The number of aromatic nitrogens is 1. The maximum Gasteiger partial charge on any atom is 0.224 e. The number of hydrogen-bond donors (Lipinski definition) is 1. The van der Waals surface area contributed by atoms with Crippen molar-refractivity contribution >= 4 is 44.2 Å². The molecule has 0 aliphatic carbocycles. The Bertz CT molecular complexity index is 622. The molecule has 2 aromatic rings. The number of nitrogens with one attached hydrogen (secondary N) is 1. The number of amides is 1. The minimum Gasteiger partial charge on any atom is -0.361 e. The summed E-state index contributed by atoms with van der Waals surface area (Å²) in [7, 11) is 0. The van der Waals surface area contributed by atoms with E-state index in [0.29, 0.717) is 13.0 Å². The van der Waals surface area contributed by atoms with Gasteiger partial charge in [-0.2, -0.15) is 0 Å². The third-order valence-electron chi connectivity index (χ3n) is 3.44. The van der Waals surface area contributed by atoms with Crippen molar-refractivity contribution in [1.82, 2.24) is 9.88 Å². The number of carbonyl (C=O) groups is 1. The Morgan fingerprint density at radius 2 is 2.20 bits per heavy atom. The lowest BCUT2D eigenvalue weighted by molar-refractivity contribution is -0.129. The summed E-state index contributed by atoms with van der Waals surface area (Å²) in [5, 5.41) is 4.76. The molecule has 0 spiro atoms. The lowest BCUT2D eigenvalue weighted by Crippen LogP contribution is -2.29. The van der Waals surface area contributed by atoms with E-state index in [0.717, 1.165) is 46.3 Å². The number of likely N-dealkylation sites (tertiary alicyclic amines) is 1. The molecular weight excluding hydrogens is 294 g/mol. The number of fused-ring (bicyclic) bond motifs is 1. The third kappa shape index (κ3) is 2.88. The lowest BCUT2D eigenvalue weighted by atomic mass is 10.3. The highest BCUT2D eigenvalue weighted by Crippen LogP contribution is 2.31. The lowest BCUT2D eigenvalue weighted by Gasteiger charge is -2.14. The number of nitrogens with zero attached hydrogens (tertiary/aromatic N) is 2. The Labute approximate surface area is 126 Å². The summed E-state index contributed by atoms with van der Waals surface area (Å²) in [6.07, 6.45) is 2.79. The molecule has 3 rings (SSSR count). The van der Waals surface area contributed by atoms with Crippen LogP contribution in [-0.2, 0) is 4.79 Å². The fourth-order valence-corrected chi connectivity index (χ4v) is 3.57. The first-order chi connectivity index (χ1) is 9.74. The van der Waals surface area contributed by atoms with E-state index in [1.807, 2.05) is 23.1 Å². The molecule has 106 valence electrons. The van der Waals surface area contributed by atoms with Gasteiger partial charge in [-0.05, 0) is 25.0 Å². The van der Waals surface area contributed by atoms with Gasteiger partial charge in [0.2, 0.25) is 5.91 Å². The topological polar surface area (TPSA) is 45.2 Å². The number of carbonyl (C=O) groups excluding carboxylic acids is 1. The highest BCUT2D eigenvalue weighted by atomic mass is 35.5. The standard InChI is InChI=1S/C14H16ClN3OS/c15-10-4-3-5-11-13(10)20-14(17-11)16-7-6-12(19)18-8-1-2-9-18/h3-5H,1-2,6-9H2,(H,16,17). The number of benzene rings is 1. The second kappa shape index (κ2) is 5.97. The maximum absolute atomic E-state index is 11.9. The first-order valence-electron chi connectivity index (χ1n) is 6.81. The zero-order valence-corrected chi connectivity index (χ0v) is 12.6. The van der Waals surface area contributed by atoms with Crippen LogP contribution in [-0.4, -0.2) is 35.4 Å². The highest BCUT2D eigenvalue weighted by molar-refractivity contribution is 7.22. The maximum atomic E-state index is 11.9. The van der Waals surface area contributed by atoms with Crippen LogP contribution >= 0.6 is 22.9 Å². The average Bonchev–Trinajstić information content (AvgIpc) is 3.07. The number of thiazole rings is 1. The summed E-state index contributed by atoms with van der Waals surface area (Å²) in [5.41, 5.74) is 0.899. The Hall–Kier alpha value is -1.33. The van der Waals surface area contributed by atoms with E-state index in [1.165, 1.54) is 11.3 Å². The van der Waals surface area contributed by atoms with Crippen LogP contribution in [0.15, 0.2) is 18.2 Å². The Morgan fingerprint density at radius 3 is 2.95 bits per heavy atom. The molecule has 1 saturated heterocycles. The number of anilines is 1. The number of rotatable bonds is 4. The molecule has 20 heavy (non-hydrogen) atoms. The van der Waals surface area contributed by atoms with Crippen molar-refractivity contribution in [3.8, 4) is 0 Å². The van der Waals surface area contributed by atoms with E-state index >= 15 is 0 Å². The SMILES string of the molecule is O=C(CCNc1nc2cccc(Cl)c2s1)N1CCCC1. The van der Waals surface area contributed by atoms with Crippen LogP contribution in [0.1, 0.15) is 19.3 Å². The molecule has 0 radical (unpaired) electrons. The summed E-state index contributed by atoms with van der Waals surface area (Å²) in [4.78, 5) is 18.3. The van der Waals surface area contributed by atoms with Crippen molar-refractivity contribution in [1.29, 1.82) is 0 Å². The Balaban J connectivity index is 1.57. The van der Waals surface area contributed by atoms with E-state index in [9.17, 15) is 4.79 Å². The summed E-state index contributed by atoms with van der Waals surface area (Å²) < 4.78 is 0.988. The van der Waals surface area contributed by atoms with Crippen LogP contribution in [0, 0.1) is 0 Å². The quantitative estimate of drug-likeness (QED) is 0.941. The van der Waals surface area contributed by atoms with Gasteiger partial charge in [0.05, 0.1) is 15.2 Å². The first kappa shape index (κ1) is 13.6. The van der Waals surface area contributed by atoms with Crippen molar-refractivity contribution in [2.45, 2.75) is 19.3 Å². The largest absolute Gasteiger partial charge is 0.361 e. The van der Waals surface area contributed by atoms with E-state index in [2.05, 4.69) is 10.3 Å². The average molecular weight is 310 g/mol. The molecule has 0 unspecified atom stereocenters. The third-order valence-corrected chi connectivity index (χ3v) is 4.93. The molecule has 1 N–H and O–H groups in total. The Morgan fingerprint density at radius 1 is 1.40 bits per heavy atom. The summed E-state index contributed by atoms with van der Waals surface area (Å²) in [5.74, 6) is 0.231. The summed E-state index contributed by atoms with van der Waals surface area (Å²) in [6.45, 7) is 2.44. The number of halogens is 1. The smallest absolute Gasteiger partial charge is 0.224 e. The second-order valence-corrected chi connectivity index (χ2v) is 6.28. The van der Waals surface area contributed by atoms with Crippen LogP contribution in [0.3, 0.4) is 0 Å². The molecule has 1 amide bonds. The van der Waals surface area contributed by atoms with Crippen molar-refractivity contribution < 1.29 is 4.79 Å². The minimum absolute atomic E-state index is 0.231. The zero-order chi connectivity index (χ0) is 13.9. The van der Waals surface area contributed by atoms with E-state index in [1.54, 1.807) is 0 Å². The molecule has 1 aliphatic rings. The fourth-order valence-electron chi connectivity index (χ4n) is 2.39. The molecule has 4 nitrogen and oxygen atoms in total. The minimum atomic E-state index is 0.231. The van der Waals surface area contributed by atoms with Gasteiger partial charge in [-0.25, -0.2) is 4.98 Å². The van der Waals surface area contributed by atoms with Crippen LogP contribution in [0.2, 0.25) is 5.02 Å². The van der Waals surface area contributed by atoms with Crippen LogP contribution in [0.5, 0.6) is 0 Å². The van der Waals surface area contributed by atoms with E-state index in [-0.39, 0.29) is 5.91 Å².